The fourth-order valence-corrected chi connectivity index (χ4v) is 2.89. The second-order valence-electron chi connectivity index (χ2n) is 4.73. The summed E-state index contributed by atoms with van der Waals surface area (Å²) in [4.78, 5) is 4.79. The van der Waals surface area contributed by atoms with Crippen LogP contribution in [-0.4, -0.2) is 9.55 Å². The van der Waals surface area contributed by atoms with Crippen LogP contribution in [0.1, 0.15) is 31.5 Å². The lowest BCUT2D eigenvalue weighted by Gasteiger charge is -2.19. The summed E-state index contributed by atoms with van der Waals surface area (Å²) in [6.07, 6.45) is 4.71. The summed E-state index contributed by atoms with van der Waals surface area (Å²) < 4.78 is 3.42. The van der Waals surface area contributed by atoms with E-state index in [4.69, 9.17) is 4.98 Å². The van der Waals surface area contributed by atoms with Crippen LogP contribution in [0.25, 0.3) is 11.3 Å². The third kappa shape index (κ3) is 2.04. The van der Waals surface area contributed by atoms with Crippen molar-refractivity contribution in [2.24, 2.45) is 0 Å². The van der Waals surface area contributed by atoms with Gasteiger partial charge < -0.3 is 4.57 Å². The van der Waals surface area contributed by atoms with E-state index >= 15 is 0 Å². The Morgan fingerprint density at radius 2 is 2.29 bits per heavy atom. The van der Waals surface area contributed by atoms with Crippen molar-refractivity contribution in [1.29, 1.82) is 0 Å². The van der Waals surface area contributed by atoms with Gasteiger partial charge in [-0.05, 0) is 25.0 Å². The van der Waals surface area contributed by atoms with Gasteiger partial charge in [0.1, 0.15) is 5.82 Å². The van der Waals surface area contributed by atoms with Gasteiger partial charge in [-0.2, -0.15) is 0 Å². The Hall–Kier alpha value is -1.09. The summed E-state index contributed by atoms with van der Waals surface area (Å²) in [7, 11) is 0. The van der Waals surface area contributed by atoms with Crippen LogP contribution in [-0.2, 0) is 6.54 Å². The summed E-state index contributed by atoms with van der Waals surface area (Å²) in [6, 6.07) is 8.34. The van der Waals surface area contributed by atoms with Crippen LogP contribution in [0.3, 0.4) is 0 Å². The zero-order valence-electron chi connectivity index (χ0n) is 9.86. The van der Waals surface area contributed by atoms with Gasteiger partial charge in [0, 0.05) is 28.7 Å². The first kappa shape index (κ1) is 11.0. The molecule has 2 heterocycles. The Morgan fingerprint density at radius 3 is 3.06 bits per heavy atom. The molecule has 0 bridgehead atoms. The predicted molar refractivity (Wildman–Crippen MR) is 73.0 cm³/mol. The lowest BCUT2D eigenvalue weighted by Crippen LogP contribution is -2.12. The molecule has 0 fully saturated rings. The number of nitrogens with zero attached hydrogens (tertiary/aromatic N) is 2. The minimum absolute atomic E-state index is 0.588. The van der Waals surface area contributed by atoms with Gasteiger partial charge in [-0.25, -0.2) is 4.98 Å². The summed E-state index contributed by atoms with van der Waals surface area (Å²) in [5, 5.41) is 0. The molecule has 0 unspecified atom stereocenters. The van der Waals surface area contributed by atoms with Crippen molar-refractivity contribution in [2.75, 3.05) is 0 Å². The Kier molecular flexibility index (Phi) is 2.79. The predicted octanol–water partition coefficient (Wildman–Crippen LogP) is 4.21. The molecule has 17 heavy (non-hydrogen) atoms. The summed E-state index contributed by atoms with van der Waals surface area (Å²) in [5.74, 6) is 1.83. The molecule has 0 spiro atoms. The van der Waals surface area contributed by atoms with Crippen molar-refractivity contribution in [3.63, 3.8) is 0 Å². The van der Waals surface area contributed by atoms with Gasteiger partial charge in [-0.15, -0.1) is 0 Å². The summed E-state index contributed by atoms with van der Waals surface area (Å²) in [5.41, 5.74) is 2.28. The van der Waals surface area contributed by atoms with Crippen LogP contribution in [0.5, 0.6) is 0 Å². The third-order valence-electron chi connectivity index (χ3n) is 3.40. The van der Waals surface area contributed by atoms with Crippen LogP contribution >= 0.6 is 15.9 Å². The van der Waals surface area contributed by atoms with Gasteiger partial charge in [0.2, 0.25) is 0 Å². The first-order chi connectivity index (χ1) is 8.24. The van der Waals surface area contributed by atoms with E-state index in [9.17, 15) is 0 Å². The molecule has 1 aromatic carbocycles. The topological polar surface area (TPSA) is 17.8 Å². The lowest BCUT2D eigenvalue weighted by atomic mass is 10.0. The summed E-state index contributed by atoms with van der Waals surface area (Å²) >= 11 is 3.51. The largest absolute Gasteiger partial charge is 0.334 e. The van der Waals surface area contributed by atoms with E-state index in [2.05, 4.69) is 51.8 Å². The number of aromatic nitrogens is 2. The first-order valence-electron chi connectivity index (χ1n) is 6.07. The average Bonchev–Trinajstić information content (AvgIpc) is 2.74. The van der Waals surface area contributed by atoms with Gasteiger partial charge in [0.15, 0.2) is 0 Å². The average molecular weight is 291 g/mol. The van der Waals surface area contributed by atoms with Gasteiger partial charge in [0.25, 0.3) is 0 Å². The molecule has 0 amide bonds. The molecule has 1 atom stereocenters. The van der Waals surface area contributed by atoms with E-state index in [1.165, 1.54) is 24.2 Å². The first-order valence-corrected chi connectivity index (χ1v) is 6.86. The standard InChI is InChI=1S/C14H15BrN2/c1-10-4-3-7-17-9-13(16-14(10)17)11-5-2-6-12(15)8-11/h2,5-6,8-10H,3-4,7H2,1H3/t10-/m1/s1. The van der Waals surface area contributed by atoms with Crippen molar-refractivity contribution in [3.05, 3.63) is 40.8 Å². The molecule has 1 aliphatic rings. The highest BCUT2D eigenvalue weighted by atomic mass is 79.9. The van der Waals surface area contributed by atoms with Gasteiger partial charge in [-0.3, -0.25) is 0 Å². The van der Waals surface area contributed by atoms with E-state index in [0.29, 0.717) is 5.92 Å². The minimum atomic E-state index is 0.588. The number of hydrogen-bond acceptors (Lipinski definition) is 1. The molecule has 88 valence electrons. The zero-order chi connectivity index (χ0) is 11.8. The van der Waals surface area contributed by atoms with Crippen molar-refractivity contribution < 1.29 is 0 Å². The molecule has 3 rings (SSSR count). The Labute approximate surface area is 110 Å². The van der Waals surface area contributed by atoms with E-state index in [1.807, 2.05) is 6.07 Å². The quantitative estimate of drug-likeness (QED) is 0.769. The highest BCUT2D eigenvalue weighted by molar-refractivity contribution is 9.10. The second kappa shape index (κ2) is 4.30. The molecular formula is C14H15BrN2. The van der Waals surface area contributed by atoms with Crippen LogP contribution in [0.4, 0.5) is 0 Å². The second-order valence-corrected chi connectivity index (χ2v) is 5.65. The molecule has 0 radical (unpaired) electrons. The van der Waals surface area contributed by atoms with Crippen molar-refractivity contribution in [3.8, 4) is 11.3 Å². The molecule has 0 N–H and O–H groups in total. The number of rotatable bonds is 1. The summed E-state index contributed by atoms with van der Waals surface area (Å²) in [6.45, 7) is 3.38. The molecule has 2 nitrogen and oxygen atoms in total. The van der Waals surface area contributed by atoms with Gasteiger partial charge >= 0.3 is 0 Å². The SMILES string of the molecule is C[C@@H]1CCCn2cc(-c3cccc(Br)c3)nc21. The molecule has 0 saturated heterocycles. The number of halogens is 1. The fraction of sp³-hybridized carbons (Fsp3) is 0.357. The molecule has 1 aliphatic heterocycles. The molecule has 1 aromatic heterocycles. The van der Waals surface area contributed by atoms with Crippen LogP contribution in [0.15, 0.2) is 34.9 Å². The highest BCUT2D eigenvalue weighted by Gasteiger charge is 2.19. The Bertz CT molecular complexity index is 545. The van der Waals surface area contributed by atoms with E-state index in [1.54, 1.807) is 0 Å². The number of imidazole rings is 1. The monoisotopic (exact) mass is 290 g/mol. The Morgan fingerprint density at radius 1 is 1.41 bits per heavy atom. The molecule has 2 aromatic rings. The van der Waals surface area contributed by atoms with Crippen LogP contribution < -0.4 is 0 Å². The van der Waals surface area contributed by atoms with E-state index in [0.717, 1.165) is 16.7 Å². The lowest BCUT2D eigenvalue weighted by molar-refractivity contribution is 0.463. The normalized spacial score (nSPS) is 19.1. The number of hydrogen-bond donors (Lipinski definition) is 0. The van der Waals surface area contributed by atoms with Crippen molar-refractivity contribution in [1.82, 2.24) is 9.55 Å². The van der Waals surface area contributed by atoms with Gasteiger partial charge in [-0.1, -0.05) is 35.0 Å². The molecule has 3 heteroatoms. The van der Waals surface area contributed by atoms with E-state index in [-0.39, 0.29) is 0 Å². The number of fused-ring (bicyclic) bond motifs is 1. The van der Waals surface area contributed by atoms with E-state index < -0.39 is 0 Å². The molecular weight excluding hydrogens is 276 g/mol. The van der Waals surface area contributed by atoms with Crippen molar-refractivity contribution in [2.45, 2.75) is 32.2 Å². The fourth-order valence-electron chi connectivity index (χ4n) is 2.49. The highest BCUT2D eigenvalue weighted by Crippen LogP contribution is 2.30. The minimum Gasteiger partial charge on any atom is -0.334 e. The zero-order valence-corrected chi connectivity index (χ0v) is 11.4. The number of benzene rings is 1. The maximum atomic E-state index is 4.79. The Balaban J connectivity index is 2.05. The smallest absolute Gasteiger partial charge is 0.112 e. The van der Waals surface area contributed by atoms with Crippen molar-refractivity contribution >= 4 is 15.9 Å². The molecule has 0 saturated carbocycles. The molecule has 0 aliphatic carbocycles. The number of aryl methyl sites for hydroxylation is 1. The van der Waals surface area contributed by atoms with Crippen LogP contribution in [0, 0.1) is 0 Å². The maximum absolute atomic E-state index is 4.79. The van der Waals surface area contributed by atoms with Gasteiger partial charge in [0.05, 0.1) is 5.69 Å². The third-order valence-corrected chi connectivity index (χ3v) is 3.90. The maximum Gasteiger partial charge on any atom is 0.112 e. The van der Waals surface area contributed by atoms with Crippen LogP contribution in [0.2, 0.25) is 0 Å².